The molecule has 0 amide bonds. The van der Waals surface area contributed by atoms with Crippen LogP contribution in [0.4, 0.5) is 30.6 Å². The SMILES string of the molecule is C[C@@H]1CN(c2ccc(CNc3ncc(N)c(-c4c[nH]c5ncc(C(F)(F)F)cc45)n3)cn2)C[C@H](C)N1. The molecule has 5 N–H and O–H groups in total. The Morgan fingerprint density at radius 2 is 1.86 bits per heavy atom. The lowest BCUT2D eigenvalue weighted by Gasteiger charge is -2.36. The van der Waals surface area contributed by atoms with Crippen LogP contribution < -0.4 is 21.3 Å². The van der Waals surface area contributed by atoms with Crippen LogP contribution in [0, 0.1) is 0 Å². The number of piperazine rings is 1. The summed E-state index contributed by atoms with van der Waals surface area (Å²) in [6.45, 7) is 6.52. The first-order chi connectivity index (χ1) is 17.2. The monoisotopic (exact) mass is 497 g/mol. The fourth-order valence-corrected chi connectivity index (χ4v) is 4.45. The van der Waals surface area contributed by atoms with Gasteiger partial charge in [-0.15, -0.1) is 0 Å². The Balaban J connectivity index is 1.33. The van der Waals surface area contributed by atoms with Crippen LogP contribution in [0.2, 0.25) is 0 Å². The van der Waals surface area contributed by atoms with E-state index in [-0.39, 0.29) is 11.1 Å². The minimum absolute atomic E-state index is 0.240. The van der Waals surface area contributed by atoms with Gasteiger partial charge in [0.2, 0.25) is 5.95 Å². The third-order valence-electron chi connectivity index (χ3n) is 6.07. The standard InChI is InChI=1S/C24H26F3N9/c1-13-11-36(12-14(2)34-13)20-4-3-15(6-29-20)7-32-23-33-10-19(28)21(35-23)18-9-31-22-17(18)5-16(8-30-22)24(25,26)27/h3-6,8-10,13-14,34H,7,11-12,28H2,1-2H3,(H,30,31)(H,32,33,35)/t13-,14+. The molecule has 0 unspecified atom stereocenters. The van der Waals surface area contributed by atoms with Gasteiger partial charge in [-0.05, 0) is 31.5 Å². The van der Waals surface area contributed by atoms with Crippen molar-refractivity contribution < 1.29 is 13.2 Å². The predicted molar refractivity (Wildman–Crippen MR) is 132 cm³/mol. The molecule has 1 fully saturated rings. The van der Waals surface area contributed by atoms with Gasteiger partial charge in [0.05, 0.1) is 17.4 Å². The lowest BCUT2D eigenvalue weighted by molar-refractivity contribution is -0.137. The van der Waals surface area contributed by atoms with E-state index in [1.807, 2.05) is 18.3 Å². The molecule has 1 aliphatic heterocycles. The molecule has 2 atom stereocenters. The van der Waals surface area contributed by atoms with Crippen LogP contribution in [-0.2, 0) is 12.7 Å². The molecule has 36 heavy (non-hydrogen) atoms. The lowest BCUT2D eigenvalue weighted by Crippen LogP contribution is -2.54. The summed E-state index contributed by atoms with van der Waals surface area (Å²) in [7, 11) is 0. The summed E-state index contributed by atoms with van der Waals surface area (Å²) >= 11 is 0. The minimum atomic E-state index is -4.51. The molecule has 4 aromatic heterocycles. The molecule has 188 valence electrons. The van der Waals surface area contributed by atoms with Gasteiger partial charge >= 0.3 is 6.18 Å². The third kappa shape index (κ3) is 4.89. The Morgan fingerprint density at radius 1 is 1.08 bits per heavy atom. The Labute approximate surface area is 205 Å². The maximum atomic E-state index is 13.2. The second kappa shape index (κ2) is 9.26. The number of nitrogens with two attached hydrogens (primary N) is 1. The summed E-state index contributed by atoms with van der Waals surface area (Å²) in [6, 6.07) is 5.81. The normalized spacial score (nSPS) is 18.5. The summed E-state index contributed by atoms with van der Waals surface area (Å²) in [5, 5.41) is 6.92. The number of rotatable bonds is 5. The first-order valence-electron chi connectivity index (χ1n) is 11.5. The smallest absolute Gasteiger partial charge is 0.396 e. The van der Waals surface area contributed by atoms with Crippen LogP contribution in [0.15, 0.2) is 43.0 Å². The van der Waals surface area contributed by atoms with Crippen LogP contribution >= 0.6 is 0 Å². The van der Waals surface area contributed by atoms with Crippen molar-refractivity contribution in [3.8, 4) is 11.3 Å². The molecule has 9 nitrogen and oxygen atoms in total. The molecular formula is C24H26F3N9. The molecule has 0 aliphatic carbocycles. The quantitative estimate of drug-likeness (QED) is 0.329. The lowest BCUT2D eigenvalue weighted by atomic mass is 10.1. The van der Waals surface area contributed by atoms with E-state index in [1.165, 1.54) is 6.20 Å². The molecule has 5 rings (SSSR count). The third-order valence-corrected chi connectivity index (χ3v) is 6.07. The molecular weight excluding hydrogens is 471 g/mol. The van der Waals surface area contributed by atoms with Crippen molar-refractivity contribution in [2.75, 3.05) is 29.0 Å². The molecule has 5 heterocycles. The maximum absolute atomic E-state index is 13.2. The van der Waals surface area contributed by atoms with E-state index in [0.717, 1.165) is 36.7 Å². The molecule has 1 aliphatic rings. The number of aromatic amines is 1. The van der Waals surface area contributed by atoms with Gasteiger partial charge < -0.3 is 26.3 Å². The number of nitrogens with zero attached hydrogens (tertiary/aromatic N) is 5. The van der Waals surface area contributed by atoms with Crippen molar-refractivity contribution in [2.45, 2.75) is 38.7 Å². The van der Waals surface area contributed by atoms with E-state index < -0.39 is 11.7 Å². The van der Waals surface area contributed by atoms with Crippen LogP contribution in [0.5, 0.6) is 0 Å². The number of nitrogen functional groups attached to an aromatic ring is 1. The van der Waals surface area contributed by atoms with E-state index in [9.17, 15) is 13.2 Å². The number of aromatic nitrogens is 5. The highest BCUT2D eigenvalue weighted by atomic mass is 19.4. The largest absolute Gasteiger partial charge is 0.417 e. The van der Waals surface area contributed by atoms with Gasteiger partial charge in [-0.25, -0.2) is 19.9 Å². The Morgan fingerprint density at radius 3 is 2.56 bits per heavy atom. The van der Waals surface area contributed by atoms with E-state index in [4.69, 9.17) is 5.73 Å². The van der Waals surface area contributed by atoms with E-state index >= 15 is 0 Å². The fraction of sp³-hybridized carbons (Fsp3) is 0.333. The summed E-state index contributed by atoms with van der Waals surface area (Å²) in [5.74, 6) is 1.22. The van der Waals surface area contributed by atoms with Crippen LogP contribution in [0.3, 0.4) is 0 Å². The van der Waals surface area contributed by atoms with Crippen LogP contribution in [-0.4, -0.2) is 50.1 Å². The van der Waals surface area contributed by atoms with Crippen molar-refractivity contribution in [1.82, 2.24) is 30.2 Å². The number of fused-ring (bicyclic) bond motifs is 1. The molecule has 1 saturated heterocycles. The van der Waals surface area contributed by atoms with Crippen molar-refractivity contribution in [2.24, 2.45) is 0 Å². The maximum Gasteiger partial charge on any atom is 0.417 e. The Kier molecular flexibility index (Phi) is 6.12. The number of halogens is 3. The van der Waals surface area contributed by atoms with Gasteiger partial charge in [-0.1, -0.05) is 6.07 Å². The van der Waals surface area contributed by atoms with Crippen molar-refractivity contribution in [3.63, 3.8) is 0 Å². The number of hydrogen-bond acceptors (Lipinski definition) is 8. The van der Waals surface area contributed by atoms with Gasteiger partial charge in [-0.2, -0.15) is 13.2 Å². The number of H-pyrrole nitrogens is 1. The van der Waals surface area contributed by atoms with Crippen molar-refractivity contribution in [3.05, 3.63) is 54.1 Å². The first kappa shape index (κ1) is 23.8. The van der Waals surface area contributed by atoms with Crippen molar-refractivity contribution in [1.29, 1.82) is 0 Å². The molecule has 12 heteroatoms. The predicted octanol–water partition coefficient (Wildman–Crippen LogP) is 3.81. The zero-order valence-corrected chi connectivity index (χ0v) is 19.8. The zero-order valence-electron chi connectivity index (χ0n) is 19.8. The second-order valence-electron chi connectivity index (χ2n) is 9.07. The number of alkyl halides is 3. The average Bonchev–Trinajstić information content (AvgIpc) is 3.26. The topological polar surface area (TPSA) is 121 Å². The highest BCUT2D eigenvalue weighted by molar-refractivity contribution is 5.95. The van der Waals surface area contributed by atoms with Crippen LogP contribution in [0.1, 0.15) is 25.0 Å². The molecule has 0 saturated carbocycles. The van der Waals surface area contributed by atoms with E-state index in [0.29, 0.717) is 41.5 Å². The Bertz CT molecular complexity index is 1360. The first-order valence-corrected chi connectivity index (χ1v) is 11.5. The van der Waals surface area contributed by atoms with E-state index in [2.05, 4.69) is 54.3 Å². The van der Waals surface area contributed by atoms with Gasteiger partial charge in [-0.3, -0.25) is 0 Å². The zero-order chi connectivity index (χ0) is 25.4. The second-order valence-corrected chi connectivity index (χ2v) is 9.07. The summed E-state index contributed by atoms with van der Waals surface area (Å²) in [5.41, 5.74) is 7.45. The number of nitrogens with one attached hydrogen (secondary N) is 3. The minimum Gasteiger partial charge on any atom is -0.396 e. The molecule has 0 spiro atoms. The van der Waals surface area contributed by atoms with Crippen molar-refractivity contribution >= 4 is 28.5 Å². The van der Waals surface area contributed by atoms with Gasteiger partial charge in [0.15, 0.2) is 0 Å². The summed E-state index contributed by atoms with van der Waals surface area (Å²) in [4.78, 5) is 22.3. The average molecular weight is 498 g/mol. The fourth-order valence-electron chi connectivity index (χ4n) is 4.45. The van der Waals surface area contributed by atoms with Gasteiger partial charge in [0.1, 0.15) is 17.2 Å². The van der Waals surface area contributed by atoms with Gasteiger partial charge in [0.25, 0.3) is 0 Å². The molecule has 0 bridgehead atoms. The number of pyridine rings is 2. The highest BCUT2D eigenvalue weighted by Gasteiger charge is 2.31. The highest BCUT2D eigenvalue weighted by Crippen LogP contribution is 2.35. The van der Waals surface area contributed by atoms with Gasteiger partial charge in [0, 0.05) is 61.3 Å². The molecule has 0 aromatic carbocycles. The molecule has 0 radical (unpaired) electrons. The van der Waals surface area contributed by atoms with Crippen LogP contribution in [0.25, 0.3) is 22.3 Å². The van der Waals surface area contributed by atoms with E-state index in [1.54, 1.807) is 6.20 Å². The number of anilines is 3. The molecule has 4 aromatic rings. The summed E-state index contributed by atoms with van der Waals surface area (Å²) in [6.07, 6.45) is 1.06. The number of hydrogen-bond donors (Lipinski definition) is 4. The summed E-state index contributed by atoms with van der Waals surface area (Å²) < 4.78 is 39.6. The Hall–Kier alpha value is -3.93.